The molecule has 92 valence electrons. The van der Waals surface area contributed by atoms with E-state index in [2.05, 4.69) is 4.74 Å². The quantitative estimate of drug-likeness (QED) is 0.281. The van der Waals surface area contributed by atoms with Gasteiger partial charge in [-0.25, -0.2) is 9.59 Å². The number of carboxylic acids is 3. The summed E-state index contributed by atoms with van der Waals surface area (Å²) < 4.78 is 3.88. The van der Waals surface area contributed by atoms with E-state index < -0.39 is 42.5 Å². The zero-order chi connectivity index (χ0) is 12.9. The van der Waals surface area contributed by atoms with Gasteiger partial charge in [0.05, 0.1) is 12.8 Å². The van der Waals surface area contributed by atoms with Gasteiger partial charge in [0, 0.05) is 0 Å². The number of ether oxygens (including phenoxy) is 1. The van der Waals surface area contributed by atoms with Crippen LogP contribution in [0.2, 0.25) is 0 Å². The summed E-state index contributed by atoms with van der Waals surface area (Å²) in [6.45, 7) is 0. The average molecular weight is 260 g/mol. The van der Waals surface area contributed by atoms with E-state index in [0.29, 0.717) is 0 Å². The van der Waals surface area contributed by atoms with Gasteiger partial charge in [-0.2, -0.15) is 0 Å². The Kier molecular flexibility index (Phi) is 7.53. The van der Waals surface area contributed by atoms with Gasteiger partial charge >= 0.3 is 53.6 Å². The maximum absolute atomic E-state index is 10.7. The van der Waals surface area contributed by atoms with Crippen molar-refractivity contribution in [3.8, 4) is 0 Å². The number of hydrogen-bond donors (Lipinski definition) is 4. The first-order chi connectivity index (χ1) is 7.19. The van der Waals surface area contributed by atoms with Gasteiger partial charge < -0.3 is 26.6 Å². The third kappa shape index (κ3) is 6.09. The van der Waals surface area contributed by atoms with Crippen LogP contribution < -0.4 is 29.6 Å². The molecule has 0 radical (unpaired) electrons. The molecule has 0 spiro atoms. The molecular formula is C7H9NaO9. The smallest absolute Gasteiger partial charge is 1.00 e. The van der Waals surface area contributed by atoms with Crippen LogP contribution in [0.1, 0.15) is 14.3 Å². The summed E-state index contributed by atoms with van der Waals surface area (Å²) in [6, 6.07) is 0. The van der Waals surface area contributed by atoms with Crippen LogP contribution in [0.15, 0.2) is 0 Å². The van der Waals surface area contributed by atoms with Crippen LogP contribution >= 0.6 is 0 Å². The second kappa shape index (κ2) is 7.09. The summed E-state index contributed by atoms with van der Waals surface area (Å²) in [6.07, 6.45) is -4.62. The summed E-state index contributed by atoms with van der Waals surface area (Å²) in [5.41, 5.74) is -2.82. The maximum atomic E-state index is 10.7. The summed E-state index contributed by atoms with van der Waals surface area (Å²) in [7, 11) is 0. The molecule has 0 fully saturated rings. The molecule has 0 aliphatic rings. The minimum absolute atomic E-state index is 0. The van der Waals surface area contributed by atoms with E-state index in [1.165, 1.54) is 0 Å². The van der Waals surface area contributed by atoms with Crippen LogP contribution in [-0.2, 0) is 19.1 Å². The van der Waals surface area contributed by atoms with Crippen molar-refractivity contribution in [1.29, 1.82) is 0 Å². The second-order valence-electron chi connectivity index (χ2n) is 2.81. The third-order valence-electron chi connectivity index (χ3n) is 1.55. The van der Waals surface area contributed by atoms with Gasteiger partial charge in [-0.3, -0.25) is 9.59 Å². The van der Waals surface area contributed by atoms with Crippen molar-refractivity contribution < 1.29 is 75.3 Å². The van der Waals surface area contributed by atoms with Gasteiger partial charge in [0.25, 0.3) is 0 Å². The molecule has 0 rings (SSSR count). The number of carbonyl (C=O) groups is 4. The molecule has 0 aromatic carbocycles. The molecule has 0 amide bonds. The molecule has 0 aromatic rings. The Morgan fingerprint density at radius 3 is 1.47 bits per heavy atom. The van der Waals surface area contributed by atoms with Gasteiger partial charge in [0.15, 0.2) is 0 Å². The second-order valence-corrected chi connectivity index (χ2v) is 2.81. The normalized spacial score (nSPS) is 9.88. The van der Waals surface area contributed by atoms with Crippen LogP contribution in [0.4, 0.5) is 4.79 Å². The van der Waals surface area contributed by atoms with Crippen LogP contribution in [0.25, 0.3) is 0 Å². The van der Waals surface area contributed by atoms with E-state index in [1.54, 1.807) is 0 Å². The van der Waals surface area contributed by atoms with Crippen molar-refractivity contribution in [2.24, 2.45) is 0 Å². The van der Waals surface area contributed by atoms with E-state index in [4.69, 9.17) is 20.4 Å². The Balaban J connectivity index is -0.00000112. The third-order valence-corrected chi connectivity index (χ3v) is 1.55. The first-order valence-electron chi connectivity index (χ1n) is 3.78. The SMILES string of the molecule is O=C(O)CC(CC(=O)O)(OC(=O)O)C(=O)O.[H-].[Na+]. The van der Waals surface area contributed by atoms with Crippen molar-refractivity contribution in [2.45, 2.75) is 18.4 Å². The van der Waals surface area contributed by atoms with Crippen LogP contribution in [-0.4, -0.2) is 50.1 Å². The van der Waals surface area contributed by atoms with Crippen LogP contribution in [0.5, 0.6) is 0 Å². The molecule has 0 aromatic heterocycles. The summed E-state index contributed by atoms with van der Waals surface area (Å²) >= 11 is 0. The molecule has 9 nitrogen and oxygen atoms in total. The minimum atomic E-state index is -2.82. The van der Waals surface area contributed by atoms with E-state index in [1.807, 2.05) is 0 Å². The Hall–Kier alpha value is -1.32. The van der Waals surface area contributed by atoms with Crippen LogP contribution in [0.3, 0.4) is 0 Å². The Bertz CT molecular complexity index is 301. The molecule has 0 saturated heterocycles. The van der Waals surface area contributed by atoms with Gasteiger partial charge in [-0.15, -0.1) is 0 Å². The molecule has 17 heavy (non-hydrogen) atoms. The Labute approximate surface area is 118 Å². The van der Waals surface area contributed by atoms with Crippen molar-refractivity contribution in [3.63, 3.8) is 0 Å². The first-order valence-corrected chi connectivity index (χ1v) is 3.78. The number of hydrogen-bond acceptors (Lipinski definition) is 5. The van der Waals surface area contributed by atoms with Crippen molar-refractivity contribution in [2.75, 3.05) is 0 Å². The molecule has 4 N–H and O–H groups in total. The van der Waals surface area contributed by atoms with E-state index >= 15 is 0 Å². The molecule has 10 heteroatoms. The zero-order valence-corrected chi connectivity index (χ0v) is 10.7. The fourth-order valence-electron chi connectivity index (χ4n) is 0.985. The van der Waals surface area contributed by atoms with Gasteiger partial charge in [-0.1, -0.05) is 0 Å². The summed E-state index contributed by atoms with van der Waals surface area (Å²) in [4.78, 5) is 41.6. The maximum Gasteiger partial charge on any atom is 1.00 e. The largest absolute Gasteiger partial charge is 1.00 e. The van der Waals surface area contributed by atoms with Gasteiger partial charge in [-0.05, 0) is 0 Å². The zero-order valence-electron chi connectivity index (χ0n) is 9.74. The first kappa shape index (κ1) is 18.1. The van der Waals surface area contributed by atoms with Gasteiger partial charge in [0.2, 0.25) is 5.60 Å². The monoisotopic (exact) mass is 260 g/mol. The predicted octanol–water partition coefficient (Wildman–Crippen LogP) is -3.43. The summed E-state index contributed by atoms with van der Waals surface area (Å²) in [5, 5.41) is 33.7. The van der Waals surface area contributed by atoms with Crippen LogP contribution in [0, 0.1) is 0 Å². The molecule has 0 atom stereocenters. The number of aliphatic carboxylic acids is 3. The molecule has 0 aliphatic carbocycles. The molecule has 0 aliphatic heterocycles. The molecule has 0 saturated carbocycles. The minimum Gasteiger partial charge on any atom is -1.00 e. The molecule has 0 bridgehead atoms. The topological polar surface area (TPSA) is 158 Å². The Morgan fingerprint density at radius 1 is 0.941 bits per heavy atom. The van der Waals surface area contributed by atoms with E-state index in [0.717, 1.165) is 0 Å². The fourth-order valence-corrected chi connectivity index (χ4v) is 0.985. The molecule has 0 heterocycles. The van der Waals surface area contributed by atoms with Crippen molar-refractivity contribution >= 4 is 24.1 Å². The average Bonchev–Trinajstić information content (AvgIpc) is 1.98. The van der Waals surface area contributed by atoms with E-state index in [9.17, 15) is 19.2 Å². The molecule has 0 unspecified atom stereocenters. The standard InChI is InChI=1S/C7H8O9.Na.H/c8-3(9)1-7(5(12)13,2-4(10)11)16-6(14)15;;/h1-2H2,(H,8,9)(H,10,11)(H,12,13)(H,14,15);;/q;+1;-1. The van der Waals surface area contributed by atoms with E-state index in [-0.39, 0.29) is 31.0 Å². The Morgan fingerprint density at radius 2 is 1.29 bits per heavy atom. The fraction of sp³-hybridized carbons (Fsp3) is 0.429. The summed E-state index contributed by atoms with van der Waals surface area (Å²) in [5.74, 6) is -5.35. The van der Waals surface area contributed by atoms with Gasteiger partial charge in [0.1, 0.15) is 0 Å². The number of carboxylic acid groups (broad SMARTS) is 4. The molecular weight excluding hydrogens is 251 g/mol. The predicted molar refractivity (Wildman–Crippen MR) is 45.1 cm³/mol. The van der Waals surface area contributed by atoms with Crippen molar-refractivity contribution in [1.82, 2.24) is 0 Å². The van der Waals surface area contributed by atoms with Crippen molar-refractivity contribution in [3.05, 3.63) is 0 Å². The number of rotatable bonds is 6.